The monoisotopic (exact) mass is 812 g/mol. The van der Waals surface area contributed by atoms with Gasteiger partial charge in [0.25, 0.3) is 0 Å². The van der Waals surface area contributed by atoms with E-state index in [1.165, 1.54) is 77.3 Å². The van der Waals surface area contributed by atoms with Crippen molar-refractivity contribution in [2.75, 3.05) is 25.5 Å². The van der Waals surface area contributed by atoms with E-state index in [4.69, 9.17) is 0 Å². The molecule has 1 radical (unpaired) electrons. The van der Waals surface area contributed by atoms with Gasteiger partial charge in [-0.1, -0.05) is 154 Å². The van der Waals surface area contributed by atoms with Gasteiger partial charge >= 0.3 is 21.1 Å². The molecule has 2 aromatic carbocycles. The van der Waals surface area contributed by atoms with Gasteiger partial charge in [0.05, 0.1) is 6.41 Å². The average molecular weight is 813 g/mol. The molecular formula is C36H63N2OWY-. The summed E-state index contributed by atoms with van der Waals surface area (Å²) in [6, 6.07) is 17.6. The Morgan fingerprint density at radius 2 is 1.24 bits per heavy atom. The van der Waals surface area contributed by atoms with Crippen LogP contribution in [0.5, 0.6) is 0 Å². The van der Waals surface area contributed by atoms with E-state index in [9.17, 15) is 4.79 Å². The third kappa shape index (κ3) is 32.4. The molecule has 0 aliphatic carbocycles. The molecule has 1 saturated heterocycles. The van der Waals surface area contributed by atoms with Crippen molar-refractivity contribution in [3.05, 3.63) is 67.9 Å². The Morgan fingerprint density at radius 1 is 0.780 bits per heavy atom. The van der Waals surface area contributed by atoms with E-state index in [2.05, 4.69) is 37.5 Å². The molecule has 3 nitrogen and oxygen atoms in total. The van der Waals surface area contributed by atoms with Crippen LogP contribution < -0.4 is 5.32 Å². The second-order valence-electron chi connectivity index (χ2n) is 8.64. The molecule has 2 aromatic rings. The maximum Gasteiger partial charge on any atom is 2.00 e. The van der Waals surface area contributed by atoms with Crippen molar-refractivity contribution in [3.63, 3.8) is 0 Å². The molecule has 1 heterocycles. The third-order valence-electron chi connectivity index (χ3n) is 5.73. The fourth-order valence-corrected chi connectivity index (χ4v) is 3.71. The molecule has 0 spiro atoms. The smallest absolute Gasteiger partial charge is 0.490 e. The van der Waals surface area contributed by atoms with E-state index >= 15 is 0 Å². The van der Waals surface area contributed by atoms with Gasteiger partial charge in [0, 0.05) is 32.7 Å². The molecule has 5 heteroatoms. The number of carbonyl (C=O) groups excluding carboxylic acids is 1. The molecule has 1 aliphatic heterocycles. The van der Waals surface area contributed by atoms with Gasteiger partial charge in [-0.2, -0.15) is 19.3 Å². The summed E-state index contributed by atoms with van der Waals surface area (Å²) in [7, 11) is 2.17. The van der Waals surface area contributed by atoms with Crippen molar-refractivity contribution in [3.8, 4) is 11.1 Å². The number of para-hydroxylation sites is 1. The topological polar surface area (TPSA) is 32.3 Å². The second kappa shape index (κ2) is 44.1. The number of likely N-dealkylation sites (tertiary alicyclic amines) is 1. The van der Waals surface area contributed by atoms with Gasteiger partial charge in [-0.05, 0) is 25.7 Å². The van der Waals surface area contributed by atoms with Crippen molar-refractivity contribution in [2.45, 2.75) is 119 Å². The Labute approximate surface area is 297 Å². The van der Waals surface area contributed by atoms with Gasteiger partial charge in [-0.25, -0.2) is 0 Å². The maximum absolute atomic E-state index is 10.3. The third-order valence-corrected chi connectivity index (χ3v) is 5.73. The number of hydrogen-bond acceptors (Lipinski definition) is 2. The summed E-state index contributed by atoms with van der Waals surface area (Å²) in [6.07, 6.45) is 19.0. The van der Waals surface area contributed by atoms with Crippen LogP contribution in [0, 0.1) is 13.3 Å². The SMILES string of the molecule is CC.CC.CC.CN1CC[CH-]CC1.O=[C-]Nc1ccccc1-c1ccccc1.[CH2-]CCCCCCCCCC.[W+2].[Y]. The van der Waals surface area contributed by atoms with Gasteiger partial charge in [0.15, 0.2) is 0 Å². The zero-order chi connectivity index (χ0) is 30.0. The fraction of sp³-hybridized carbons (Fsp3) is 0.583. The van der Waals surface area contributed by atoms with Crippen molar-refractivity contribution in [2.24, 2.45) is 0 Å². The minimum Gasteiger partial charge on any atom is -0.490 e. The number of anilines is 1. The molecule has 233 valence electrons. The Hall–Kier alpha value is -0.338. The summed E-state index contributed by atoms with van der Waals surface area (Å²) in [5.74, 6) is 0. The number of benzene rings is 2. The van der Waals surface area contributed by atoms with E-state index in [0.717, 1.165) is 23.2 Å². The fourth-order valence-electron chi connectivity index (χ4n) is 3.71. The predicted octanol–water partition coefficient (Wildman–Crippen LogP) is 11.2. The number of hydrogen-bond donors (Lipinski definition) is 1. The Kier molecular flexibility index (Phi) is 54.1. The number of nitrogens with one attached hydrogen (secondary N) is 1. The number of piperidine rings is 1. The molecule has 0 bridgehead atoms. The van der Waals surface area contributed by atoms with E-state index in [1.807, 2.05) is 96.1 Å². The van der Waals surface area contributed by atoms with Crippen LogP contribution in [-0.2, 0) is 58.6 Å². The number of amides is 1. The molecule has 3 rings (SSSR count). The molecule has 1 N–H and O–H groups in total. The second-order valence-corrected chi connectivity index (χ2v) is 8.64. The molecule has 0 unspecified atom stereocenters. The van der Waals surface area contributed by atoms with Crippen molar-refractivity contribution in [1.29, 1.82) is 0 Å². The zero-order valence-electron chi connectivity index (χ0n) is 28.0. The first kappa shape index (κ1) is 50.3. The molecule has 1 amide bonds. The summed E-state index contributed by atoms with van der Waals surface area (Å²) in [6.45, 7) is 20.6. The van der Waals surface area contributed by atoms with Crippen LogP contribution in [0.1, 0.15) is 119 Å². The Balaban J connectivity index is -0.000000148. The van der Waals surface area contributed by atoms with E-state index in [-0.39, 0.29) is 53.8 Å². The van der Waals surface area contributed by atoms with E-state index in [0.29, 0.717) is 0 Å². The minimum absolute atomic E-state index is 0. The van der Waals surface area contributed by atoms with Crippen molar-refractivity contribution >= 4 is 12.1 Å². The van der Waals surface area contributed by atoms with Gasteiger partial charge in [0.2, 0.25) is 0 Å². The van der Waals surface area contributed by atoms with Gasteiger partial charge < -0.3 is 28.4 Å². The van der Waals surface area contributed by atoms with E-state index in [1.54, 1.807) is 6.41 Å². The first-order valence-corrected chi connectivity index (χ1v) is 15.8. The number of unbranched alkanes of at least 4 members (excludes halogenated alkanes) is 8. The maximum atomic E-state index is 10.3. The normalized spacial score (nSPS) is 11.0. The summed E-state index contributed by atoms with van der Waals surface area (Å²) in [5.41, 5.74) is 2.86. The Bertz CT molecular complexity index is 702. The standard InChI is InChI=1S/C13H10NO.C11H23.C6H12N.3C2H6.W.Y/c15-10-14-13-9-5-4-8-12(13)11-6-2-1-3-7-11;1-3-5-7-9-11-10-8-6-4-2;1-7-5-3-2-4-6-7;3*1-2;;/h1-9H,(H,14,15);1,3-11H2,2H3;2H,3-6H2,1H3;3*1-2H3;;/q3*-1;;;;+2;. The van der Waals surface area contributed by atoms with Crippen LogP contribution in [0.3, 0.4) is 0 Å². The van der Waals surface area contributed by atoms with Gasteiger partial charge in [-0.15, -0.1) is 11.8 Å². The van der Waals surface area contributed by atoms with Crippen molar-refractivity contribution in [1.82, 2.24) is 4.90 Å². The summed E-state index contributed by atoms with van der Waals surface area (Å²) in [5, 5.41) is 2.57. The number of nitrogens with zero attached hydrogens (tertiary/aromatic N) is 1. The van der Waals surface area contributed by atoms with Crippen LogP contribution >= 0.6 is 0 Å². The molecule has 0 atom stereocenters. The van der Waals surface area contributed by atoms with Gasteiger partial charge in [0.1, 0.15) is 0 Å². The van der Waals surface area contributed by atoms with Crippen molar-refractivity contribution < 1.29 is 58.6 Å². The number of rotatable bonds is 11. The summed E-state index contributed by atoms with van der Waals surface area (Å²) < 4.78 is 0. The quantitative estimate of drug-likeness (QED) is 0.139. The summed E-state index contributed by atoms with van der Waals surface area (Å²) >= 11 is 0. The molecule has 1 fully saturated rings. The largest absolute Gasteiger partial charge is 2.00 e. The predicted molar refractivity (Wildman–Crippen MR) is 179 cm³/mol. The minimum atomic E-state index is 0. The molecule has 0 saturated carbocycles. The summed E-state index contributed by atoms with van der Waals surface area (Å²) in [4.78, 5) is 12.7. The van der Waals surface area contributed by atoms with Crippen LogP contribution in [0.25, 0.3) is 11.1 Å². The zero-order valence-corrected chi connectivity index (χ0v) is 33.8. The van der Waals surface area contributed by atoms with Gasteiger partial charge in [-0.3, -0.25) is 0 Å². The molecule has 1 aliphatic rings. The van der Waals surface area contributed by atoms with Crippen LogP contribution in [0.15, 0.2) is 54.6 Å². The molecule has 41 heavy (non-hydrogen) atoms. The first-order valence-electron chi connectivity index (χ1n) is 15.8. The van der Waals surface area contributed by atoms with E-state index < -0.39 is 0 Å². The average Bonchev–Trinajstić information content (AvgIpc) is 3.02. The van der Waals surface area contributed by atoms with Crippen LogP contribution in [0.4, 0.5) is 5.69 Å². The first-order chi connectivity index (χ1) is 19.2. The van der Waals surface area contributed by atoms with Crippen LogP contribution in [0.2, 0.25) is 0 Å². The molecular weight excluding hydrogens is 749 g/mol. The van der Waals surface area contributed by atoms with Crippen LogP contribution in [-0.4, -0.2) is 31.4 Å². The molecule has 0 aromatic heterocycles. The Morgan fingerprint density at radius 3 is 1.68 bits per heavy atom.